The van der Waals surface area contributed by atoms with E-state index in [1.165, 1.54) is 0 Å². The van der Waals surface area contributed by atoms with Gasteiger partial charge in [0.05, 0.1) is 29.0 Å². The molecule has 0 saturated carbocycles. The molecule has 0 unspecified atom stereocenters. The molecular weight excluding hydrogens is 461 g/mol. The van der Waals surface area contributed by atoms with Gasteiger partial charge in [-0.3, -0.25) is 14.8 Å². The van der Waals surface area contributed by atoms with Crippen molar-refractivity contribution in [1.82, 2.24) is 14.9 Å². The number of esters is 1. The van der Waals surface area contributed by atoms with Crippen LogP contribution in [0.1, 0.15) is 34.6 Å². The lowest BCUT2D eigenvalue weighted by Crippen LogP contribution is -2.40. The zero-order valence-corrected chi connectivity index (χ0v) is 18.8. The quantitative estimate of drug-likeness (QED) is 0.512. The number of para-hydroxylation sites is 1. The highest BCUT2D eigenvalue weighted by Gasteiger charge is 2.43. The molecule has 0 atom stereocenters. The Morgan fingerprint density at radius 3 is 2.63 bits per heavy atom. The average Bonchev–Trinajstić information content (AvgIpc) is 3.18. The molecule has 1 fully saturated rings. The van der Waals surface area contributed by atoms with Gasteiger partial charge in [-0.1, -0.05) is 24.3 Å². The van der Waals surface area contributed by atoms with E-state index in [9.17, 15) is 22.8 Å². The minimum Gasteiger partial charge on any atom is -0.456 e. The van der Waals surface area contributed by atoms with Crippen molar-refractivity contribution >= 4 is 28.5 Å². The largest absolute Gasteiger partial charge is 0.490 e. The van der Waals surface area contributed by atoms with Crippen LogP contribution in [0.4, 0.5) is 18.9 Å². The Balaban J connectivity index is 1.23. The number of pyridine rings is 2. The SMILES string of the molecule is O=C1c2c(N3CCC(OC(=O)C(F)(F)F)CC3)ccnc2CN1CCc1ccc2ccccc2n1. The molecule has 1 amide bonds. The second-order valence-electron chi connectivity index (χ2n) is 8.71. The first kappa shape index (κ1) is 23.1. The number of rotatable bonds is 5. The summed E-state index contributed by atoms with van der Waals surface area (Å²) in [6.07, 6.45) is -3.03. The van der Waals surface area contributed by atoms with Gasteiger partial charge >= 0.3 is 12.1 Å². The maximum Gasteiger partial charge on any atom is 0.490 e. The van der Waals surface area contributed by atoms with Gasteiger partial charge in [0.25, 0.3) is 5.91 Å². The van der Waals surface area contributed by atoms with Crippen LogP contribution < -0.4 is 4.90 Å². The number of hydrogen-bond donors (Lipinski definition) is 0. The van der Waals surface area contributed by atoms with Gasteiger partial charge in [-0.05, 0) is 18.2 Å². The molecule has 5 rings (SSSR count). The third-order valence-electron chi connectivity index (χ3n) is 6.43. The van der Waals surface area contributed by atoms with Crippen LogP contribution in [0.25, 0.3) is 10.9 Å². The van der Waals surface area contributed by atoms with Gasteiger partial charge in [-0.25, -0.2) is 4.79 Å². The van der Waals surface area contributed by atoms with Gasteiger partial charge in [0.15, 0.2) is 0 Å². The molecule has 0 aliphatic carbocycles. The fourth-order valence-corrected chi connectivity index (χ4v) is 4.63. The van der Waals surface area contributed by atoms with Gasteiger partial charge in [-0.15, -0.1) is 0 Å². The van der Waals surface area contributed by atoms with Gasteiger partial charge in [-0.2, -0.15) is 13.2 Å². The van der Waals surface area contributed by atoms with E-state index in [2.05, 4.69) is 14.7 Å². The molecule has 3 aromatic rings. The Labute approximate surface area is 199 Å². The van der Waals surface area contributed by atoms with Crippen LogP contribution in [0.3, 0.4) is 0 Å². The molecule has 2 aliphatic heterocycles. The van der Waals surface area contributed by atoms with Crippen LogP contribution in [0, 0.1) is 0 Å². The third kappa shape index (κ3) is 4.78. The fourth-order valence-electron chi connectivity index (χ4n) is 4.63. The van der Waals surface area contributed by atoms with Crippen molar-refractivity contribution in [2.24, 2.45) is 0 Å². The van der Waals surface area contributed by atoms with E-state index in [0.29, 0.717) is 49.5 Å². The molecular formula is C25H23F3N4O3. The van der Waals surface area contributed by atoms with Crippen molar-refractivity contribution < 1.29 is 27.5 Å². The van der Waals surface area contributed by atoms with Crippen LogP contribution in [-0.2, 0) is 22.5 Å². The summed E-state index contributed by atoms with van der Waals surface area (Å²) in [5.41, 5.74) is 3.74. The molecule has 0 N–H and O–H groups in total. The van der Waals surface area contributed by atoms with Gasteiger partial charge in [0, 0.05) is 56.2 Å². The summed E-state index contributed by atoms with van der Waals surface area (Å²) >= 11 is 0. The van der Waals surface area contributed by atoms with Crippen LogP contribution in [0.2, 0.25) is 0 Å². The number of aromatic nitrogens is 2. The van der Waals surface area contributed by atoms with Gasteiger partial charge < -0.3 is 14.5 Å². The fraction of sp³-hybridized carbons (Fsp3) is 0.360. The van der Waals surface area contributed by atoms with Crippen molar-refractivity contribution in [2.45, 2.75) is 38.1 Å². The summed E-state index contributed by atoms with van der Waals surface area (Å²) < 4.78 is 42.0. The number of halogens is 3. The van der Waals surface area contributed by atoms with E-state index in [0.717, 1.165) is 16.6 Å². The predicted molar refractivity (Wildman–Crippen MR) is 122 cm³/mol. The smallest absolute Gasteiger partial charge is 0.456 e. The number of alkyl halides is 3. The number of carbonyl (C=O) groups is 2. The summed E-state index contributed by atoms with van der Waals surface area (Å²) in [6.45, 7) is 1.64. The highest BCUT2D eigenvalue weighted by Crippen LogP contribution is 2.32. The number of benzene rings is 1. The number of fused-ring (bicyclic) bond motifs is 2. The molecule has 7 nitrogen and oxygen atoms in total. The molecule has 1 aromatic carbocycles. The number of ether oxygens (including phenoxy) is 1. The average molecular weight is 484 g/mol. The normalized spacial score (nSPS) is 16.6. The predicted octanol–water partition coefficient (Wildman–Crippen LogP) is 3.90. The van der Waals surface area contributed by atoms with E-state index < -0.39 is 18.2 Å². The number of hydrogen-bond acceptors (Lipinski definition) is 6. The van der Waals surface area contributed by atoms with Crippen molar-refractivity contribution in [3.63, 3.8) is 0 Å². The Morgan fingerprint density at radius 2 is 1.86 bits per heavy atom. The summed E-state index contributed by atoms with van der Waals surface area (Å²) in [6, 6.07) is 13.6. The molecule has 0 bridgehead atoms. The molecule has 4 heterocycles. The third-order valence-corrected chi connectivity index (χ3v) is 6.43. The maximum atomic E-state index is 13.3. The molecule has 1 saturated heterocycles. The zero-order chi connectivity index (χ0) is 24.6. The lowest BCUT2D eigenvalue weighted by molar-refractivity contribution is -0.205. The molecule has 35 heavy (non-hydrogen) atoms. The number of piperidine rings is 1. The standard InChI is InChI=1S/C25H23F3N4O3/c26-25(27,28)24(34)35-18-9-13-31(14-10-18)21-7-11-29-20-15-32(23(33)22(20)21)12-8-17-6-5-16-3-1-2-4-19(16)30-17/h1-7,11,18H,8-10,12-15H2. The Bertz CT molecular complexity index is 1270. The Hall–Kier alpha value is -3.69. The maximum absolute atomic E-state index is 13.3. The van der Waals surface area contributed by atoms with E-state index in [-0.39, 0.29) is 18.7 Å². The number of amides is 1. The second kappa shape index (κ2) is 9.16. The monoisotopic (exact) mass is 484 g/mol. The van der Waals surface area contributed by atoms with Crippen LogP contribution in [0.15, 0.2) is 48.7 Å². The summed E-state index contributed by atoms with van der Waals surface area (Å²) in [7, 11) is 0. The van der Waals surface area contributed by atoms with Crippen LogP contribution in [0.5, 0.6) is 0 Å². The van der Waals surface area contributed by atoms with Crippen molar-refractivity contribution in [2.75, 3.05) is 24.5 Å². The summed E-state index contributed by atoms with van der Waals surface area (Å²) in [4.78, 5) is 37.1. The van der Waals surface area contributed by atoms with Gasteiger partial charge in [0.1, 0.15) is 6.10 Å². The van der Waals surface area contributed by atoms with Crippen molar-refractivity contribution in [3.05, 3.63) is 65.6 Å². The highest BCUT2D eigenvalue weighted by atomic mass is 19.4. The first-order valence-corrected chi connectivity index (χ1v) is 11.4. The van der Waals surface area contributed by atoms with Crippen LogP contribution in [-0.4, -0.2) is 58.7 Å². The van der Waals surface area contributed by atoms with Gasteiger partial charge in [0.2, 0.25) is 0 Å². The highest BCUT2D eigenvalue weighted by molar-refractivity contribution is 6.03. The van der Waals surface area contributed by atoms with E-state index in [1.54, 1.807) is 17.2 Å². The summed E-state index contributed by atoms with van der Waals surface area (Å²) in [5.74, 6) is -2.28. The minimum atomic E-state index is -5.00. The van der Waals surface area contributed by atoms with Crippen LogP contribution >= 0.6 is 0 Å². The Kier molecular flexibility index (Phi) is 6.04. The first-order chi connectivity index (χ1) is 16.8. The molecule has 0 radical (unpaired) electrons. The van der Waals surface area contributed by atoms with E-state index >= 15 is 0 Å². The lowest BCUT2D eigenvalue weighted by Gasteiger charge is -2.34. The molecule has 0 spiro atoms. The molecule has 10 heteroatoms. The number of carbonyl (C=O) groups excluding carboxylic acids is 2. The van der Waals surface area contributed by atoms with E-state index in [4.69, 9.17) is 0 Å². The number of nitrogens with zero attached hydrogens (tertiary/aromatic N) is 4. The second-order valence-corrected chi connectivity index (χ2v) is 8.71. The molecule has 2 aromatic heterocycles. The Morgan fingerprint density at radius 1 is 1.09 bits per heavy atom. The van der Waals surface area contributed by atoms with Crippen molar-refractivity contribution in [3.8, 4) is 0 Å². The number of anilines is 1. The summed E-state index contributed by atoms with van der Waals surface area (Å²) in [5, 5.41) is 1.06. The lowest BCUT2D eigenvalue weighted by atomic mass is 10.0. The minimum absolute atomic E-state index is 0.116. The van der Waals surface area contributed by atoms with Crippen molar-refractivity contribution in [1.29, 1.82) is 0 Å². The van der Waals surface area contributed by atoms with E-state index in [1.807, 2.05) is 41.3 Å². The topological polar surface area (TPSA) is 75.6 Å². The molecule has 182 valence electrons. The first-order valence-electron chi connectivity index (χ1n) is 11.4. The molecule has 2 aliphatic rings. The zero-order valence-electron chi connectivity index (χ0n) is 18.8.